The van der Waals surface area contributed by atoms with Gasteiger partial charge in [-0.1, -0.05) is 0 Å². The van der Waals surface area contributed by atoms with Crippen LogP contribution >= 0.6 is 10.2 Å². The standard InChI is InChI=1S/C26H28O11S2Se/c1-15(27)36-14-20-18(12-24(30)31)17(11-23(28)29)19(13-25(32)33)26(37-20)38-40-22-10-6-5-9-21(22)39(34,35)16-7-3-2-4-8-16/h2-10,17-20,26H,11-14H2,1H3,(H,28,29)(H,30,31)(H,32,33). The Morgan fingerprint density at radius 1 is 0.850 bits per heavy atom. The average molecular weight is 660 g/mol. The molecule has 0 saturated carbocycles. The molecule has 40 heavy (non-hydrogen) atoms. The van der Waals surface area contributed by atoms with Crippen molar-refractivity contribution in [2.75, 3.05) is 6.61 Å². The summed E-state index contributed by atoms with van der Waals surface area (Å²) in [6.45, 7) is 0.822. The molecule has 0 bridgehead atoms. The number of carboxylic acids is 3. The van der Waals surface area contributed by atoms with Gasteiger partial charge in [0.1, 0.15) is 0 Å². The molecule has 11 nitrogen and oxygen atoms in total. The molecule has 5 unspecified atom stereocenters. The van der Waals surface area contributed by atoms with Crippen molar-refractivity contribution in [1.29, 1.82) is 0 Å². The van der Waals surface area contributed by atoms with E-state index in [2.05, 4.69) is 0 Å². The van der Waals surface area contributed by atoms with E-state index in [0.29, 0.717) is 4.46 Å². The van der Waals surface area contributed by atoms with Gasteiger partial charge >= 0.3 is 241 Å². The Hall–Kier alpha value is -2.90. The SMILES string of the molecule is CC(=O)OCC1OC(S[Se]c2ccccc2S(=O)(=O)c2ccccc2)C(CC(=O)O)C(CC(=O)O)C1CC(=O)O. The van der Waals surface area contributed by atoms with E-state index in [1.165, 1.54) is 18.2 Å². The number of aliphatic carboxylic acids is 3. The Bertz CT molecular complexity index is 1330. The Kier molecular flexibility index (Phi) is 11.2. The third-order valence-corrected chi connectivity index (χ3v) is 13.1. The normalized spacial score (nSPS) is 22.8. The van der Waals surface area contributed by atoms with Crippen molar-refractivity contribution in [1.82, 2.24) is 0 Å². The van der Waals surface area contributed by atoms with Crippen LogP contribution in [-0.4, -0.2) is 79.6 Å². The molecule has 2 aromatic carbocycles. The predicted octanol–water partition coefficient (Wildman–Crippen LogP) is 2.06. The van der Waals surface area contributed by atoms with E-state index in [1.807, 2.05) is 0 Å². The maximum atomic E-state index is 13.4. The van der Waals surface area contributed by atoms with Crippen LogP contribution in [0, 0.1) is 17.8 Å². The van der Waals surface area contributed by atoms with Crippen LogP contribution in [-0.2, 0) is 38.5 Å². The summed E-state index contributed by atoms with van der Waals surface area (Å²) in [6, 6.07) is 14.3. The molecule has 2 aromatic rings. The first kappa shape index (κ1) is 31.6. The van der Waals surface area contributed by atoms with Gasteiger partial charge in [0.15, 0.2) is 0 Å². The monoisotopic (exact) mass is 660 g/mol. The summed E-state index contributed by atoms with van der Waals surface area (Å²) in [6.07, 6.45) is -2.53. The third kappa shape index (κ3) is 8.31. The van der Waals surface area contributed by atoms with Crippen molar-refractivity contribution >= 4 is 62.2 Å². The van der Waals surface area contributed by atoms with Crippen LogP contribution in [0.25, 0.3) is 0 Å². The molecule has 1 heterocycles. The molecule has 1 saturated heterocycles. The molecule has 0 amide bonds. The minimum atomic E-state index is -3.87. The van der Waals surface area contributed by atoms with Gasteiger partial charge in [0, 0.05) is 0 Å². The molecule has 0 aliphatic carbocycles. The average Bonchev–Trinajstić information content (AvgIpc) is 2.89. The van der Waals surface area contributed by atoms with Gasteiger partial charge < -0.3 is 0 Å². The maximum absolute atomic E-state index is 13.4. The van der Waals surface area contributed by atoms with E-state index >= 15 is 0 Å². The van der Waals surface area contributed by atoms with Gasteiger partial charge in [-0.3, -0.25) is 0 Å². The Labute approximate surface area is 240 Å². The summed E-state index contributed by atoms with van der Waals surface area (Å²) in [5.74, 6) is -7.10. The van der Waals surface area contributed by atoms with Crippen LogP contribution in [0.4, 0.5) is 0 Å². The fourth-order valence-corrected chi connectivity index (χ4v) is 11.8. The van der Waals surface area contributed by atoms with Crippen LogP contribution in [0.2, 0.25) is 0 Å². The molecule has 1 aliphatic heterocycles. The van der Waals surface area contributed by atoms with Crippen molar-refractivity contribution in [3.63, 3.8) is 0 Å². The number of hydrogen-bond acceptors (Lipinski definition) is 9. The molecule has 1 fully saturated rings. The molecule has 5 atom stereocenters. The molecule has 0 spiro atoms. The minimum absolute atomic E-state index is 0.0848. The molecule has 216 valence electrons. The summed E-state index contributed by atoms with van der Waals surface area (Å²) >= 11 is -0.654. The van der Waals surface area contributed by atoms with Crippen molar-refractivity contribution in [2.24, 2.45) is 17.8 Å². The summed E-state index contributed by atoms with van der Waals surface area (Å²) in [5.41, 5.74) is -0.932. The Balaban J connectivity index is 1.97. The predicted molar refractivity (Wildman–Crippen MR) is 144 cm³/mol. The Morgan fingerprint density at radius 2 is 1.40 bits per heavy atom. The number of carboxylic acid groups (broad SMARTS) is 3. The summed E-state index contributed by atoms with van der Waals surface area (Å²) in [7, 11) is -2.72. The molecule has 0 aromatic heterocycles. The topological polar surface area (TPSA) is 182 Å². The first-order chi connectivity index (χ1) is 18.9. The number of carbonyl (C=O) groups is 4. The van der Waals surface area contributed by atoms with Crippen molar-refractivity contribution in [2.45, 2.75) is 47.5 Å². The molecular weight excluding hydrogens is 631 g/mol. The molecule has 3 N–H and O–H groups in total. The van der Waals surface area contributed by atoms with Crippen LogP contribution in [0.1, 0.15) is 26.2 Å². The molecule has 0 radical (unpaired) electrons. The zero-order valence-corrected chi connectivity index (χ0v) is 24.6. The fraction of sp³-hybridized carbons (Fsp3) is 0.385. The van der Waals surface area contributed by atoms with Gasteiger partial charge in [-0.05, 0) is 0 Å². The third-order valence-electron chi connectivity index (χ3n) is 6.34. The zero-order chi connectivity index (χ0) is 29.4. The zero-order valence-electron chi connectivity index (χ0n) is 21.2. The van der Waals surface area contributed by atoms with Gasteiger partial charge in [0.25, 0.3) is 0 Å². The number of hydrogen-bond donors (Lipinski definition) is 3. The van der Waals surface area contributed by atoms with Crippen LogP contribution in [0.3, 0.4) is 0 Å². The van der Waals surface area contributed by atoms with Crippen LogP contribution in [0.5, 0.6) is 0 Å². The number of esters is 1. The first-order valence-electron chi connectivity index (χ1n) is 12.1. The van der Waals surface area contributed by atoms with E-state index in [9.17, 15) is 42.9 Å². The van der Waals surface area contributed by atoms with Crippen LogP contribution in [0.15, 0.2) is 64.4 Å². The number of ether oxygens (including phenoxy) is 2. The molecule has 1 aliphatic rings. The van der Waals surface area contributed by atoms with Crippen molar-refractivity contribution < 1.29 is 52.4 Å². The van der Waals surface area contributed by atoms with Crippen molar-refractivity contribution in [3.05, 3.63) is 54.6 Å². The molecule has 3 rings (SSSR count). The summed E-state index contributed by atoms with van der Waals surface area (Å²) in [4.78, 5) is 47.0. The van der Waals surface area contributed by atoms with Crippen molar-refractivity contribution in [3.8, 4) is 0 Å². The van der Waals surface area contributed by atoms with Gasteiger partial charge in [-0.2, -0.15) is 0 Å². The van der Waals surface area contributed by atoms with E-state index in [1.54, 1.807) is 36.4 Å². The quantitative estimate of drug-likeness (QED) is 0.211. The van der Waals surface area contributed by atoms with Crippen LogP contribution < -0.4 is 4.46 Å². The Morgan fingerprint density at radius 3 is 2.00 bits per heavy atom. The second-order valence-electron chi connectivity index (χ2n) is 9.07. The number of carbonyl (C=O) groups excluding carboxylic acids is 1. The van der Waals surface area contributed by atoms with E-state index in [4.69, 9.17) is 9.47 Å². The molecular formula is C26H28O11S2Se. The second kappa shape index (κ2) is 14.1. The van der Waals surface area contributed by atoms with E-state index in [-0.39, 0.29) is 16.4 Å². The number of rotatable bonds is 13. The van der Waals surface area contributed by atoms with E-state index < -0.39 is 96.1 Å². The second-order valence-corrected chi connectivity index (χ2v) is 15.0. The van der Waals surface area contributed by atoms with Gasteiger partial charge in [-0.15, -0.1) is 0 Å². The first-order valence-corrected chi connectivity index (χ1v) is 17.3. The van der Waals surface area contributed by atoms with E-state index in [0.717, 1.165) is 17.1 Å². The van der Waals surface area contributed by atoms with Gasteiger partial charge in [-0.25, -0.2) is 0 Å². The molecule has 14 heteroatoms. The fourth-order valence-electron chi connectivity index (χ4n) is 4.63. The van der Waals surface area contributed by atoms with Gasteiger partial charge in [0.05, 0.1) is 0 Å². The van der Waals surface area contributed by atoms with Gasteiger partial charge in [0.2, 0.25) is 0 Å². The number of benzene rings is 2. The summed E-state index contributed by atoms with van der Waals surface area (Å²) < 4.78 is 38.4. The summed E-state index contributed by atoms with van der Waals surface area (Å²) in [5, 5.41) is 28.8. The number of sulfone groups is 1.